The number of aromatic nitrogens is 2. The minimum atomic E-state index is 0.434. The number of nitrogens with zero attached hydrogens (tertiary/aromatic N) is 2. The highest BCUT2D eigenvalue weighted by atomic mass is 35.5. The molecule has 0 aliphatic heterocycles. The van der Waals surface area contributed by atoms with Gasteiger partial charge in [0.25, 0.3) is 0 Å². The third-order valence-electron chi connectivity index (χ3n) is 3.79. The van der Waals surface area contributed by atoms with E-state index in [0.717, 1.165) is 17.0 Å². The summed E-state index contributed by atoms with van der Waals surface area (Å²) < 4.78 is 2.38. The maximum Gasteiger partial charge on any atom is 0.0509 e. The molecule has 0 aliphatic carbocycles. The summed E-state index contributed by atoms with van der Waals surface area (Å²) in [5.41, 5.74) is 3.56. The van der Waals surface area contributed by atoms with E-state index in [-0.39, 0.29) is 0 Å². The number of halogens is 1. The predicted molar refractivity (Wildman–Crippen MR) is 85.2 cm³/mol. The van der Waals surface area contributed by atoms with Crippen LogP contribution in [-0.2, 0) is 0 Å². The lowest BCUT2D eigenvalue weighted by Gasteiger charge is -2.17. The average molecular weight is 285 g/mol. The van der Waals surface area contributed by atoms with Gasteiger partial charge in [0, 0.05) is 39.9 Å². The molecule has 0 N–H and O–H groups in total. The molecule has 2 aromatic heterocycles. The summed E-state index contributed by atoms with van der Waals surface area (Å²) in [7, 11) is 0. The molecule has 0 spiro atoms. The molecule has 1 aromatic carbocycles. The molecule has 0 bridgehead atoms. The molecule has 1 unspecified atom stereocenters. The molecule has 0 aliphatic rings. The van der Waals surface area contributed by atoms with Gasteiger partial charge >= 0.3 is 0 Å². The standard InChI is InChI=1S/C17H17ClN2/c1-3-12(2)20-16-7-6-15(18)9-14(16)10-17(20)13-5-4-8-19-11-13/h4-12H,3H2,1-2H3. The van der Waals surface area contributed by atoms with Crippen LogP contribution in [0, 0.1) is 0 Å². The molecule has 20 heavy (non-hydrogen) atoms. The largest absolute Gasteiger partial charge is 0.338 e. The lowest BCUT2D eigenvalue weighted by molar-refractivity contribution is 0.553. The van der Waals surface area contributed by atoms with Crippen molar-refractivity contribution >= 4 is 22.5 Å². The van der Waals surface area contributed by atoms with Gasteiger partial charge in [0.15, 0.2) is 0 Å². The van der Waals surface area contributed by atoms with Crippen LogP contribution in [0.3, 0.4) is 0 Å². The normalized spacial score (nSPS) is 12.8. The van der Waals surface area contributed by atoms with Gasteiger partial charge in [-0.2, -0.15) is 0 Å². The topological polar surface area (TPSA) is 17.8 Å². The van der Waals surface area contributed by atoms with Crippen LogP contribution in [0.25, 0.3) is 22.2 Å². The summed E-state index contributed by atoms with van der Waals surface area (Å²) in [5.74, 6) is 0. The molecule has 1 atom stereocenters. The number of benzene rings is 1. The van der Waals surface area contributed by atoms with Gasteiger partial charge < -0.3 is 4.57 Å². The second kappa shape index (κ2) is 5.29. The summed E-state index contributed by atoms with van der Waals surface area (Å²) >= 11 is 6.12. The zero-order valence-corrected chi connectivity index (χ0v) is 12.4. The Kier molecular flexibility index (Phi) is 3.49. The molecule has 3 rings (SSSR count). The zero-order valence-electron chi connectivity index (χ0n) is 11.7. The Hall–Kier alpha value is -1.80. The van der Waals surface area contributed by atoms with E-state index in [1.54, 1.807) is 6.20 Å². The summed E-state index contributed by atoms with van der Waals surface area (Å²) in [5, 5.41) is 1.95. The van der Waals surface area contributed by atoms with Gasteiger partial charge in [0.05, 0.1) is 5.69 Å². The van der Waals surface area contributed by atoms with Crippen LogP contribution in [0.1, 0.15) is 26.3 Å². The molecule has 2 heterocycles. The Morgan fingerprint density at radius 1 is 1.25 bits per heavy atom. The highest BCUT2D eigenvalue weighted by molar-refractivity contribution is 6.31. The summed E-state index contributed by atoms with van der Waals surface area (Å²) in [6, 6.07) is 12.8. The molecular formula is C17H17ClN2. The lowest BCUT2D eigenvalue weighted by atomic mass is 10.2. The smallest absolute Gasteiger partial charge is 0.0509 e. The van der Waals surface area contributed by atoms with E-state index in [9.17, 15) is 0 Å². The van der Waals surface area contributed by atoms with Gasteiger partial charge in [0.1, 0.15) is 0 Å². The van der Waals surface area contributed by atoms with Gasteiger partial charge in [-0.3, -0.25) is 4.98 Å². The Morgan fingerprint density at radius 2 is 2.10 bits per heavy atom. The first-order valence-electron chi connectivity index (χ1n) is 6.91. The number of hydrogen-bond donors (Lipinski definition) is 0. The fourth-order valence-electron chi connectivity index (χ4n) is 2.60. The van der Waals surface area contributed by atoms with E-state index in [1.807, 2.05) is 24.4 Å². The quantitative estimate of drug-likeness (QED) is 0.636. The van der Waals surface area contributed by atoms with Gasteiger partial charge in [-0.25, -0.2) is 0 Å². The van der Waals surface area contributed by atoms with E-state index >= 15 is 0 Å². The maximum atomic E-state index is 6.12. The van der Waals surface area contributed by atoms with Gasteiger partial charge in [0.2, 0.25) is 0 Å². The average Bonchev–Trinajstić information content (AvgIpc) is 2.85. The van der Waals surface area contributed by atoms with Crippen LogP contribution >= 0.6 is 11.6 Å². The van der Waals surface area contributed by atoms with Crippen LogP contribution in [0.5, 0.6) is 0 Å². The van der Waals surface area contributed by atoms with E-state index in [2.05, 4.69) is 41.6 Å². The van der Waals surface area contributed by atoms with Gasteiger partial charge in [-0.05, 0) is 49.7 Å². The Bertz CT molecular complexity index is 731. The summed E-state index contributed by atoms with van der Waals surface area (Å²) in [4.78, 5) is 4.24. The summed E-state index contributed by atoms with van der Waals surface area (Å²) in [6.45, 7) is 4.45. The van der Waals surface area contributed by atoms with Crippen molar-refractivity contribution in [3.05, 3.63) is 53.8 Å². The summed E-state index contributed by atoms with van der Waals surface area (Å²) in [6.07, 6.45) is 4.80. The molecule has 0 amide bonds. The third-order valence-corrected chi connectivity index (χ3v) is 4.02. The van der Waals surface area contributed by atoms with Crippen LogP contribution in [0.4, 0.5) is 0 Å². The maximum absolute atomic E-state index is 6.12. The number of rotatable bonds is 3. The molecule has 0 fully saturated rings. The molecule has 3 aromatic rings. The Balaban J connectivity index is 2.30. The molecule has 0 radical (unpaired) electrons. The molecule has 3 heteroatoms. The fraction of sp³-hybridized carbons (Fsp3) is 0.235. The van der Waals surface area contributed by atoms with Crippen molar-refractivity contribution in [1.82, 2.24) is 9.55 Å². The minimum Gasteiger partial charge on any atom is -0.338 e. The third kappa shape index (κ3) is 2.20. The first kappa shape index (κ1) is 13.2. The number of fused-ring (bicyclic) bond motifs is 1. The van der Waals surface area contributed by atoms with E-state index < -0.39 is 0 Å². The second-order valence-electron chi connectivity index (χ2n) is 5.10. The van der Waals surface area contributed by atoms with Gasteiger partial charge in [-0.1, -0.05) is 18.5 Å². The van der Waals surface area contributed by atoms with Crippen LogP contribution in [-0.4, -0.2) is 9.55 Å². The molecule has 0 saturated carbocycles. The lowest BCUT2D eigenvalue weighted by Crippen LogP contribution is -2.05. The van der Waals surface area contributed by atoms with Gasteiger partial charge in [-0.15, -0.1) is 0 Å². The highest BCUT2D eigenvalue weighted by Gasteiger charge is 2.14. The first-order chi connectivity index (χ1) is 9.70. The molecule has 0 saturated heterocycles. The fourth-order valence-corrected chi connectivity index (χ4v) is 2.78. The van der Waals surface area contributed by atoms with Crippen molar-refractivity contribution in [2.45, 2.75) is 26.3 Å². The van der Waals surface area contributed by atoms with Crippen LogP contribution in [0.15, 0.2) is 48.8 Å². The first-order valence-corrected chi connectivity index (χ1v) is 7.29. The second-order valence-corrected chi connectivity index (χ2v) is 5.54. The number of pyridine rings is 1. The molecule has 2 nitrogen and oxygen atoms in total. The Morgan fingerprint density at radius 3 is 2.80 bits per heavy atom. The van der Waals surface area contributed by atoms with Crippen LogP contribution in [0.2, 0.25) is 5.02 Å². The predicted octanol–water partition coefficient (Wildman–Crippen LogP) is 5.33. The van der Waals surface area contributed by atoms with E-state index in [4.69, 9.17) is 11.6 Å². The van der Waals surface area contributed by atoms with Crippen LogP contribution < -0.4 is 0 Å². The molecule has 102 valence electrons. The van der Waals surface area contributed by atoms with Crippen molar-refractivity contribution in [2.24, 2.45) is 0 Å². The van der Waals surface area contributed by atoms with E-state index in [0.29, 0.717) is 6.04 Å². The molecular weight excluding hydrogens is 268 g/mol. The van der Waals surface area contributed by atoms with E-state index in [1.165, 1.54) is 16.6 Å². The monoisotopic (exact) mass is 284 g/mol. The minimum absolute atomic E-state index is 0.434. The zero-order chi connectivity index (χ0) is 14.1. The SMILES string of the molecule is CCC(C)n1c(-c2cccnc2)cc2cc(Cl)ccc21. The highest BCUT2D eigenvalue weighted by Crippen LogP contribution is 2.33. The Labute approximate surface area is 124 Å². The van der Waals surface area contributed by atoms with Crippen molar-refractivity contribution in [3.8, 4) is 11.3 Å². The van der Waals surface area contributed by atoms with Crippen molar-refractivity contribution < 1.29 is 0 Å². The number of hydrogen-bond acceptors (Lipinski definition) is 1. The van der Waals surface area contributed by atoms with Crippen molar-refractivity contribution in [2.75, 3.05) is 0 Å². The van der Waals surface area contributed by atoms with Crippen molar-refractivity contribution in [3.63, 3.8) is 0 Å². The van der Waals surface area contributed by atoms with Crippen molar-refractivity contribution in [1.29, 1.82) is 0 Å².